The second kappa shape index (κ2) is 10.1. The lowest BCUT2D eigenvalue weighted by Gasteiger charge is -2.13. The predicted molar refractivity (Wildman–Crippen MR) is 174 cm³/mol. The minimum absolute atomic E-state index is 0.695. The molecule has 6 aromatic carbocycles. The SMILES string of the molecule is c1ccc(-c2cc(-c3cc4ccccc4c4ccccc34)nc(-c3ccc(-c4nccc5ccccc45)cc3)n2)cc1. The van der Waals surface area contributed by atoms with Gasteiger partial charge in [-0.1, -0.05) is 127 Å². The number of rotatable bonds is 4. The van der Waals surface area contributed by atoms with Gasteiger partial charge in [0.1, 0.15) is 0 Å². The lowest BCUT2D eigenvalue weighted by molar-refractivity contribution is 1.18. The van der Waals surface area contributed by atoms with E-state index in [1.807, 2.05) is 30.5 Å². The largest absolute Gasteiger partial charge is 0.256 e. The van der Waals surface area contributed by atoms with Crippen molar-refractivity contribution in [3.05, 3.63) is 152 Å². The zero-order valence-electron chi connectivity index (χ0n) is 22.8. The third-order valence-electron chi connectivity index (χ3n) is 7.93. The predicted octanol–water partition coefficient (Wildman–Crippen LogP) is 10.00. The Kier molecular flexibility index (Phi) is 5.79. The molecule has 0 aliphatic carbocycles. The Hall–Kier alpha value is -5.67. The van der Waals surface area contributed by atoms with E-state index in [0.29, 0.717) is 5.82 Å². The molecule has 8 aromatic rings. The van der Waals surface area contributed by atoms with Crippen LogP contribution in [0.5, 0.6) is 0 Å². The van der Waals surface area contributed by atoms with Crippen LogP contribution in [0.1, 0.15) is 0 Å². The molecule has 0 spiro atoms. The molecule has 0 saturated carbocycles. The summed E-state index contributed by atoms with van der Waals surface area (Å²) in [6, 6.07) is 50.7. The van der Waals surface area contributed by atoms with Crippen molar-refractivity contribution in [2.24, 2.45) is 0 Å². The van der Waals surface area contributed by atoms with Crippen LogP contribution >= 0.6 is 0 Å². The minimum atomic E-state index is 0.695. The summed E-state index contributed by atoms with van der Waals surface area (Å²) in [6.07, 6.45) is 1.87. The van der Waals surface area contributed by atoms with Gasteiger partial charge in [-0.25, -0.2) is 9.97 Å². The van der Waals surface area contributed by atoms with E-state index < -0.39 is 0 Å². The summed E-state index contributed by atoms with van der Waals surface area (Å²) < 4.78 is 0. The Bertz CT molecular complexity index is 2230. The van der Waals surface area contributed by atoms with Crippen molar-refractivity contribution in [2.75, 3.05) is 0 Å². The quantitative estimate of drug-likeness (QED) is 0.211. The Morgan fingerprint density at radius 3 is 1.81 bits per heavy atom. The summed E-state index contributed by atoms with van der Waals surface area (Å²) >= 11 is 0. The lowest BCUT2D eigenvalue weighted by Crippen LogP contribution is -1.97. The van der Waals surface area contributed by atoms with Crippen molar-refractivity contribution in [1.29, 1.82) is 0 Å². The van der Waals surface area contributed by atoms with Gasteiger partial charge in [-0.05, 0) is 45.1 Å². The second-order valence-electron chi connectivity index (χ2n) is 10.5. The molecule has 196 valence electrons. The van der Waals surface area contributed by atoms with Crippen LogP contribution in [-0.2, 0) is 0 Å². The number of nitrogens with zero attached hydrogens (tertiary/aromatic N) is 3. The molecule has 0 fully saturated rings. The van der Waals surface area contributed by atoms with Crippen LogP contribution in [-0.4, -0.2) is 15.0 Å². The van der Waals surface area contributed by atoms with Crippen LogP contribution in [0.15, 0.2) is 152 Å². The molecule has 0 aliphatic rings. The Labute approximate surface area is 243 Å². The average molecular weight is 536 g/mol. The summed E-state index contributed by atoms with van der Waals surface area (Å²) in [6.45, 7) is 0. The van der Waals surface area contributed by atoms with E-state index in [-0.39, 0.29) is 0 Å². The summed E-state index contributed by atoms with van der Waals surface area (Å²) in [5, 5.41) is 7.15. The van der Waals surface area contributed by atoms with Crippen molar-refractivity contribution < 1.29 is 0 Å². The molecule has 3 nitrogen and oxygen atoms in total. The number of pyridine rings is 1. The van der Waals surface area contributed by atoms with Crippen molar-refractivity contribution in [2.45, 2.75) is 0 Å². The van der Waals surface area contributed by atoms with Crippen LogP contribution in [0.3, 0.4) is 0 Å². The molecule has 0 saturated heterocycles. The van der Waals surface area contributed by atoms with Crippen molar-refractivity contribution >= 4 is 32.3 Å². The van der Waals surface area contributed by atoms with E-state index in [1.165, 1.54) is 26.9 Å². The first kappa shape index (κ1) is 24.2. The topological polar surface area (TPSA) is 38.7 Å². The van der Waals surface area contributed by atoms with Gasteiger partial charge in [0.15, 0.2) is 5.82 Å². The number of hydrogen-bond donors (Lipinski definition) is 0. The molecule has 2 aromatic heterocycles. The maximum absolute atomic E-state index is 5.18. The molecule has 0 N–H and O–H groups in total. The van der Waals surface area contributed by atoms with Crippen molar-refractivity contribution in [3.8, 4) is 45.2 Å². The fraction of sp³-hybridized carbons (Fsp3) is 0. The Morgan fingerprint density at radius 1 is 0.381 bits per heavy atom. The second-order valence-corrected chi connectivity index (χ2v) is 10.5. The third-order valence-corrected chi connectivity index (χ3v) is 7.93. The van der Waals surface area contributed by atoms with Crippen LogP contribution in [0, 0.1) is 0 Å². The fourth-order valence-electron chi connectivity index (χ4n) is 5.86. The maximum Gasteiger partial charge on any atom is 0.160 e. The zero-order chi connectivity index (χ0) is 27.9. The van der Waals surface area contributed by atoms with Gasteiger partial charge in [0.05, 0.1) is 17.1 Å². The maximum atomic E-state index is 5.18. The smallest absolute Gasteiger partial charge is 0.160 e. The first-order valence-electron chi connectivity index (χ1n) is 14.1. The van der Waals surface area contributed by atoms with Gasteiger partial charge in [0.25, 0.3) is 0 Å². The van der Waals surface area contributed by atoms with Crippen molar-refractivity contribution in [1.82, 2.24) is 15.0 Å². The standard InChI is InChI=1S/C39H25N3/c1-2-11-27(12-3-1)36-25-37(35-24-30-13-5-6-14-31(30)33-16-8-9-17-34(33)35)42-39(41-36)29-20-18-28(19-21-29)38-32-15-7-4-10-26(32)22-23-40-38/h1-25H. The normalized spacial score (nSPS) is 11.3. The van der Waals surface area contributed by atoms with Crippen LogP contribution in [0.4, 0.5) is 0 Å². The van der Waals surface area contributed by atoms with Gasteiger partial charge in [-0.2, -0.15) is 0 Å². The molecule has 0 radical (unpaired) electrons. The summed E-state index contributed by atoms with van der Waals surface area (Å²) in [4.78, 5) is 15.0. The summed E-state index contributed by atoms with van der Waals surface area (Å²) in [5.41, 5.74) is 6.96. The molecule has 42 heavy (non-hydrogen) atoms. The molecular formula is C39H25N3. The monoisotopic (exact) mass is 535 g/mol. The highest BCUT2D eigenvalue weighted by Gasteiger charge is 2.15. The number of fused-ring (bicyclic) bond motifs is 4. The highest BCUT2D eigenvalue weighted by Crippen LogP contribution is 2.36. The fourth-order valence-corrected chi connectivity index (χ4v) is 5.86. The van der Waals surface area contributed by atoms with Crippen LogP contribution in [0.25, 0.3) is 77.5 Å². The first-order valence-corrected chi connectivity index (χ1v) is 14.1. The number of hydrogen-bond acceptors (Lipinski definition) is 3. The molecule has 8 rings (SSSR count). The van der Waals surface area contributed by atoms with E-state index in [9.17, 15) is 0 Å². The van der Waals surface area contributed by atoms with Gasteiger partial charge in [0, 0.05) is 33.8 Å². The van der Waals surface area contributed by atoms with E-state index in [1.54, 1.807) is 0 Å². The zero-order valence-corrected chi connectivity index (χ0v) is 22.8. The van der Waals surface area contributed by atoms with Crippen LogP contribution < -0.4 is 0 Å². The molecule has 0 aliphatic heterocycles. The molecular weight excluding hydrogens is 510 g/mol. The van der Waals surface area contributed by atoms with E-state index in [4.69, 9.17) is 15.0 Å². The van der Waals surface area contributed by atoms with Crippen molar-refractivity contribution in [3.63, 3.8) is 0 Å². The summed E-state index contributed by atoms with van der Waals surface area (Å²) in [5.74, 6) is 0.695. The molecule has 0 atom stereocenters. The minimum Gasteiger partial charge on any atom is -0.256 e. The number of aromatic nitrogens is 3. The van der Waals surface area contributed by atoms with E-state index >= 15 is 0 Å². The molecule has 0 amide bonds. The number of benzene rings is 6. The molecule has 2 heterocycles. The van der Waals surface area contributed by atoms with Gasteiger partial charge in [0.2, 0.25) is 0 Å². The molecule has 0 unspecified atom stereocenters. The highest BCUT2D eigenvalue weighted by atomic mass is 14.9. The molecule has 0 bridgehead atoms. The highest BCUT2D eigenvalue weighted by molar-refractivity contribution is 6.13. The van der Waals surface area contributed by atoms with E-state index in [0.717, 1.165) is 44.7 Å². The Balaban J connectivity index is 1.31. The van der Waals surface area contributed by atoms with Gasteiger partial charge in [-0.3, -0.25) is 4.98 Å². The third kappa shape index (κ3) is 4.20. The van der Waals surface area contributed by atoms with Crippen LogP contribution in [0.2, 0.25) is 0 Å². The van der Waals surface area contributed by atoms with Gasteiger partial charge in [-0.15, -0.1) is 0 Å². The van der Waals surface area contributed by atoms with Gasteiger partial charge < -0.3 is 0 Å². The molecule has 3 heteroatoms. The Morgan fingerprint density at radius 2 is 1.00 bits per heavy atom. The first-order chi connectivity index (χ1) is 20.8. The van der Waals surface area contributed by atoms with Gasteiger partial charge >= 0.3 is 0 Å². The lowest BCUT2D eigenvalue weighted by atomic mass is 9.95. The summed E-state index contributed by atoms with van der Waals surface area (Å²) in [7, 11) is 0. The van der Waals surface area contributed by atoms with E-state index in [2.05, 4.69) is 121 Å². The average Bonchev–Trinajstić information content (AvgIpc) is 3.08.